The summed E-state index contributed by atoms with van der Waals surface area (Å²) >= 11 is 5.94. The van der Waals surface area contributed by atoms with Crippen molar-refractivity contribution in [3.63, 3.8) is 0 Å². The monoisotopic (exact) mass is 158 g/mol. The Hall–Kier alpha value is 0.290. The first-order valence-electron chi connectivity index (χ1n) is 4.43. The first-order valence-corrected chi connectivity index (χ1v) is 4.97. The molecule has 10 heavy (non-hydrogen) atoms. The van der Waals surface area contributed by atoms with Crippen molar-refractivity contribution < 1.29 is 0 Å². The minimum absolute atomic E-state index is 0.637. The molecule has 2 fully saturated rings. The van der Waals surface area contributed by atoms with Gasteiger partial charge in [-0.1, -0.05) is 12.8 Å². The lowest BCUT2D eigenvalue weighted by Crippen LogP contribution is -2.13. The van der Waals surface area contributed by atoms with Gasteiger partial charge in [0.25, 0.3) is 0 Å². The first kappa shape index (κ1) is 6.97. The van der Waals surface area contributed by atoms with Crippen LogP contribution in [0.1, 0.15) is 38.5 Å². The first-order chi connectivity index (χ1) is 4.87. The summed E-state index contributed by atoms with van der Waals surface area (Å²) in [7, 11) is 0. The van der Waals surface area contributed by atoms with E-state index in [9.17, 15) is 0 Å². The zero-order valence-corrected chi connectivity index (χ0v) is 7.16. The van der Waals surface area contributed by atoms with Crippen LogP contribution in [0.3, 0.4) is 0 Å². The van der Waals surface area contributed by atoms with Gasteiger partial charge in [-0.3, -0.25) is 0 Å². The second kappa shape index (κ2) is 2.41. The van der Waals surface area contributed by atoms with Crippen molar-refractivity contribution in [1.29, 1.82) is 0 Å². The smallest absolute Gasteiger partial charge is 0.0282 e. The Morgan fingerprint density at radius 2 is 1.80 bits per heavy atom. The highest BCUT2D eigenvalue weighted by Crippen LogP contribution is 2.57. The molecule has 0 radical (unpaired) electrons. The molecule has 0 N–H and O–H groups in total. The molecule has 2 rings (SSSR count). The van der Waals surface area contributed by atoms with E-state index in [0.717, 1.165) is 11.8 Å². The standard InChI is InChI=1S/C9H15Cl/c10-7-9(5-6-9)8-3-1-2-4-8/h8H,1-7H2. The van der Waals surface area contributed by atoms with Crippen LogP contribution in [0.2, 0.25) is 0 Å². The van der Waals surface area contributed by atoms with Gasteiger partial charge >= 0.3 is 0 Å². The maximum Gasteiger partial charge on any atom is 0.0282 e. The highest BCUT2D eigenvalue weighted by molar-refractivity contribution is 6.18. The van der Waals surface area contributed by atoms with Gasteiger partial charge in [-0.15, -0.1) is 11.6 Å². The van der Waals surface area contributed by atoms with E-state index in [1.54, 1.807) is 0 Å². The molecule has 58 valence electrons. The van der Waals surface area contributed by atoms with Crippen LogP contribution in [0, 0.1) is 11.3 Å². The fourth-order valence-corrected chi connectivity index (χ4v) is 2.84. The fourth-order valence-electron chi connectivity index (χ4n) is 2.35. The predicted molar refractivity (Wildman–Crippen MR) is 44.3 cm³/mol. The summed E-state index contributed by atoms with van der Waals surface area (Å²) in [5.74, 6) is 1.93. The van der Waals surface area contributed by atoms with Gasteiger partial charge in [0.2, 0.25) is 0 Å². The Bertz CT molecular complexity index is 121. The average molecular weight is 159 g/mol. The normalized spacial score (nSPS) is 30.9. The molecular weight excluding hydrogens is 144 g/mol. The molecule has 0 heterocycles. The molecule has 0 aromatic heterocycles. The SMILES string of the molecule is ClCC1(C2CCCC2)CC1. The van der Waals surface area contributed by atoms with Gasteiger partial charge in [0, 0.05) is 5.88 Å². The molecule has 0 amide bonds. The number of rotatable bonds is 2. The van der Waals surface area contributed by atoms with E-state index in [1.165, 1.54) is 38.5 Å². The predicted octanol–water partition coefficient (Wildman–Crippen LogP) is 3.20. The second-order valence-electron chi connectivity index (χ2n) is 3.98. The number of alkyl halides is 1. The van der Waals surface area contributed by atoms with Gasteiger partial charge in [-0.05, 0) is 37.0 Å². The van der Waals surface area contributed by atoms with Crippen molar-refractivity contribution in [2.75, 3.05) is 5.88 Å². The van der Waals surface area contributed by atoms with Gasteiger partial charge in [-0.2, -0.15) is 0 Å². The second-order valence-corrected chi connectivity index (χ2v) is 4.24. The van der Waals surface area contributed by atoms with Crippen LogP contribution in [0.25, 0.3) is 0 Å². The Balaban J connectivity index is 1.96. The topological polar surface area (TPSA) is 0 Å². The van der Waals surface area contributed by atoms with Gasteiger partial charge < -0.3 is 0 Å². The summed E-state index contributed by atoms with van der Waals surface area (Å²) in [5.41, 5.74) is 0.637. The molecule has 1 heteroatoms. The highest BCUT2D eigenvalue weighted by Gasteiger charge is 2.48. The molecule has 0 nitrogen and oxygen atoms in total. The number of hydrogen-bond donors (Lipinski definition) is 0. The summed E-state index contributed by atoms with van der Waals surface area (Å²) in [6.45, 7) is 0. The summed E-state index contributed by atoms with van der Waals surface area (Å²) in [6, 6.07) is 0. The van der Waals surface area contributed by atoms with E-state index >= 15 is 0 Å². The third-order valence-corrected chi connectivity index (χ3v) is 3.91. The molecule has 0 aromatic carbocycles. The van der Waals surface area contributed by atoms with E-state index in [-0.39, 0.29) is 0 Å². The van der Waals surface area contributed by atoms with Crippen LogP contribution in [0.5, 0.6) is 0 Å². The molecule has 2 aliphatic rings. The summed E-state index contributed by atoms with van der Waals surface area (Å²) in [4.78, 5) is 0. The lowest BCUT2D eigenvalue weighted by molar-refractivity contribution is 0.349. The van der Waals surface area contributed by atoms with Crippen LogP contribution < -0.4 is 0 Å². The van der Waals surface area contributed by atoms with Gasteiger partial charge in [0.15, 0.2) is 0 Å². The molecule has 0 saturated heterocycles. The Labute approximate surface area is 68.0 Å². The van der Waals surface area contributed by atoms with Crippen LogP contribution >= 0.6 is 11.6 Å². The largest absolute Gasteiger partial charge is 0.126 e. The van der Waals surface area contributed by atoms with Gasteiger partial charge in [-0.25, -0.2) is 0 Å². The average Bonchev–Trinajstić information content (AvgIpc) is 2.58. The van der Waals surface area contributed by atoms with Crippen molar-refractivity contribution in [2.45, 2.75) is 38.5 Å². The Kier molecular flexibility index (Phi) is 1.68. The highest BCUT2D eigenvalue weighted by atomic mass is 35.5. The quantitative estimate of drug-likeness (QED) is 0.542. The van der Waals surface area contributed by atoms with Crippen LogP contribution in [0.15, 0.2) is 0 Å². The molecule has 0 unspecified atom stereocenters. The van der Waals surface area contributed by atoms with Crippen molar-refractivity contribution in [1.82, 2.24) is 0 Å². The van der Waals surface area contributed by atoms with Crippen molar-refractivity contribution in [3.8, 4) is 0 Å². The third kappa shape index (κ3) is 0.972. The maximum absolute atomic E-state index is 5.94. The number of hydrogen-bond acceptors (Lipinski definition) is 0. The minimum atomic E-state index is 0.637. The molecule has 0 spiro atoms. The van der Waals surface area contributed by atoms with Crippen molar-refractivity contribution in [3.05, 3.63) is 0 Å². The number of halogens is 1. The third-order valence-electron chi connectivity index (χ3n) is 3.38. The van der Waals surface area contributed by atoms with Crippen molar-refractivity contribution in [2.24, 2.45) is 11.3 Å². The molecule has 2 aliphatic carbocycles. The molecule has 0 atom stereocenters. The molecule has 2 saturated carbocycles. The van der Waals surface area contributed by atoms with E-state index in [1.807, 2.05) is 0 Å². The summed E-state index contributed by atoms with van der Waals surface area (Å²) < 4.78 is 0. The van der Waals surface area contributed by atoms with E-state index < -0.39 is 0 Å². The Morgan fingerprint density at radius 1 is 1.20 bits per heavy atom. The van der Waals surface area contributed by atoms with Crippen molar-refractivity contribution >= 4 is 11.6 Å². The summed E-state index contributed by atoms with van der Waals surface area (Å²) in [5, 5.41) is 0. The van der Waals surface area contributed by atoms with E-state index in [2.05, 4.69) is 0 Å². The van der Waals surface area contributed by atoms with Gasteiger partial charge in [0.05, 0.1) is 0 Å². The maximum atomic E-state index is 5.94. The van der Waals surface area contributed by atoms with E-state index in [0.29, 0.717) is 5.41 Å². The lowest BCUT2D eigenvalue weighted by Gasteiger charge is -2.18. The summed E-state index contributed by atoms with van der Waals surface area (Å²) in [6.07, 6.45) is 8.69. The molecular formula is C9H15Cl. The zero-order valence-electron chi connectivity index (χ0n) is 6.41. The molecule has 0 aromatic rings. The Morgan fingerprint density at radius 3 is 2.20 bits per heavy atom. The lowest BCUT2D eigenvalue weighted by atomic mass is 9.89. The minimum Gasteiger partial charge on any atom is -0.126 e. The fraction of sp³-hybridized carbons (Fsp3) is 1.00. The zero-order chi connectivity index (χ0) is 7.03. The van der Waals surface area contributed by atoms with Crippen LogP contribution in [0.4, 0.5) is 0 Å². The van der Waals surface area contributed by atoms with Crippen LogP contribution in [-0.2, 0) is 0 Å². The van der Waals surface area contributed by atoms with Gasteiger partial charge in [0.1, 0.15) is 0 Å². The van der Waals surface area contributed by atoms with E-state index in [4.69, 9.17) is 11.6 Å². The molecule has 0 aliphatic heterocycles. The molecule has 0 bridgehead atoms. The van der Waals surface area contributed by atoms with Crippen LogP contribution in [-0.4, -0.2) is 5.88 Å².